The number of carbonyl (C=O) groups is 2. The van der Waals surface area contributed by atoms with Gasteiger partial charge in [0.15, 0.2) is 5.69 Å². The minimum atomic E-state index is -0.731. The van der Waals surface area contributed by atoms with E-state index >= 15 is 0 Å². The van der Waals surface area contributed by atoms with E-state index in [4.69, 9.17) is 15.2 Å². The number of rotatable bonds is 4. The molecule has 0 aliphatic carbocycles. The Kier molecular flexibility index (Phi) is 4.38. The summed E-state index contributed by atoms with van der Waals surface area (Å²) in [6, 6.07) is 1.24. The third-order valence-electron chi connectivity index (χ3n) is 1.69. The zero-order valence-corrected chi connectivity index (χ0v) is 9.60. The molecule has 0 fully saturated rings. The van der Waals surface area contributed by atoms with Gasteiger partial charge in [-0.25, -0.2) is 19.6 Å². The molecule has 0 saturated heterocycles. The van der Waals surface area contributed by atoms with Crippen molar-refractivity contribution in [3.05, 3.63) is 17.6 Å². The van der Waals surface area contributed by atoms with Gasteiger partial charge in [-0.05, 0) is 13.8 Å². The molecule has 1 aromatic heterocycles. The van der Waals surface area contributed by atoms with Crippen molar-refractivity contribution in [1.82, 2.24) is 9.97 Å². The Bertz CT molecular complexity index is 397. The highest BCUT2D eigenvalue weighted by Crippen LogP contribution is 2.06. The molecule has 1 rings (SSSR count). The summed E-state index contributed by atoms with van der Waals surface area (Å²) in [6.45, 7) is 3.70. The molecule has 1 heterocycles. The second-order valence-electron chi connectivity index (χ2n) is 2.94. The molecule has 0 aliphatic heterocycles. The van der Waals surface area contributed by atoms with Crippen molar-refractivity contribution in [1.29, 1.82) is 0 Å². The monoisotopic (exact) mass is 239 g/mol. The molecule has 92 valence electrons. The van der Waals surface area contributed by atoms with Gasteiger partial charge in [0, 0.05) is 6.07 Å². The molecule has 0 radical (unpaired) electrons. The van der Waals surface area contributed by atoms with Gasteiger partial charge in [-0.2, -0.15) is 0 Å². The van der Waals surface area contributed by atoms with Crippen molar-refractivity contribution < 1.29 is 19.1 Å². The van der Waals surface area contributed by atoms with E-state index < -0.39 is 11.9 Å². The molecule has 2 N–H and O–H groups in total. The van der Waals surface area contributed by atoms with Gasteiger partial charge < -0.3 is 15.2 Å². The molecule has 0 amide bonds. The van der Waals surface area contributed by atoms with Crippen LogP contribution < -0.4 is 5.73 Å². The predicted octanol–water partition coefficient (Wildman–Crippen LogP) is 0.412. The minimum Gasteiger partial charge on any atom is -0.461 e. The number of hydrogen-bond acceptors (Lipinski definition) is 7. The summed E-state index contributed by atoms with van der Waals surface area (Å²) in [4.78, 5) is 30.2. The SMILES string of the molecule is CCOC(=O)c1cc(N)nc(C(=O)OCC)n1. The number of ether oxygens (including phenoxy) is 2. The van der Waals surface area contributed by atoms with Gasteiger partial charge in [-0.1, -0.05) is 0 Å². The molecule has 0 aromatic carbocycles. The number of aromatic nitrogens is 2. The van der Waals surface area contributed by atoms with Crippen LogP contribution in [0.4, 0.5) is 5.82 Å². The first kappa shape index (κ1) is 12.9. The van der Waals surface area contributed by atoms with Crippen molar-refractivity contribution in [2.75, 3.05) is 18.9 Å². The number of nitrogens with two attached hydrogens (primary N) is 1. The third-order valence-corrected chi connectivity index (χ3v) is 1.69. The van der Waals surface area contributed by atoms with E-state index in [1.54, 1.807) is 13.8 Å². The number of esters is 2. The van der Waals surface area contributed by atoms with Gasteiger partial charge in [-0.15, -0.1) is 0 Å². The Morgan fingerprint density at radius 2 is 1.76 bits per heavy atom. The van der Waals surface area contributed by atoms with Gasteiger partial charge >= 0.3 is 11.9 Å². The molecule has 0 unspecified atom stereocenters. The van der Waals surface area contributed by atoms with Crippen molar-refractivity contribution in [2.45, 2.75) is 13.8 Å². The summed E-state index contributed by atoms with van der Waals surface area (Å²) in [6.07, 6.45) is 0. The second-order valence-corrected chi connectivity index (χ2v) is 2.94. The summed E-state index contributed by atoms with van der Waals surface area (Å²) >= 11 is 0. The van der Waals surface area contributed by atoms with Gasteiger partial charge in [-0.3, -0.25) is 0 Å². The Morgan fingerprint density at radius 1 is 1.18 bits per heavy atom. The van der Waals surface area contributed by atoms with Crippen LogP contribution in [0.3, 0.4) is 0 Å². The molecule has 0 bridgehead atoms. The van der Waals surface area contributed by atoms with Crippen LogP contribution in [0.1, 0.15) is 35.0 Å². The Hall–Kier alpha value is -2.18. The fourth-order valence-electron chi connectivity index (χ4n) is 1.06. The summed E-state index contributed by atoms with van der Waals surface area (Å²) < 4.78 is 9.45. The van der Waals surface area contributed by atoms with E-state index in [0.717, 1.165) is 0 Å². The molecule has 0 saturated carbocycles. The average Bonchev–Trinajstić information content (AvgIpc) is 2.29. The summed E-state index contributed by atoms with van der Waals surface area (Å²) in [5, 5.41) is 0. The van der Waals surface area contributed by atoms with Crippen LogP contribution >= 0.6 is 0 Å². The molecule has 7 heteroatoms. The van der Waals surface area contributed by atoms with Crippen LogP contribution in [0.5, 0.6) is 0 Å². The van der Waals surface area contributed by atoms with Crippen molar-refractivity contribution in [2.24, 2.45) is 0 Å². The van der Waals surface area contributed by atoms with E-state index in [1.165, 1.54) is 6.07 Å². The van der Waals surface area contributed by atoms with E-state index in [1.807, 2.05) is 0 Å². The van der Waals surface area contributed by atoms with Crippen LogP contribution in [0.15, 0.2) is 6.07 Å². The lowest BCUT2D eigenvalue weighted by Crippen LogP contribution is -2.16. The Morgan fingerprint density at radius 3 is 2.35 bits per heavy atom. The standard InChI is InChI=1S/C10H13N3O4/c1-3-16-9(14)6-5-7(11)13-8(12-6)10(15)17-4-2/h5H,3-4H2,1-2H3,(H2,11,12,13). The number of carbonyl (C=O) groups excluding carboxylic acids is 2. The number of nitrogen functional groups attached to an aromatic ring is 1. The Labute approximate surface area is 98.0 Å². The Balaban J connectivity index is 3.01. The van der Waals surface area contributed by atoms with E-state index in [9.17, 15) is 9.59 Å². The van der Waals surface area contributed by atoms with Crippen molar-refractivity contribution >= 4 is 17.8 Å². The highest BCUT2D eigenvalue weighted by atomic mass is 16.5. The largest absolute Gasteiger partial charge is 0.461 e. The van der Waals surface area contributed by atoms with Gasteiger partial charge in [0.2, 0.25) is 5.82 Å². The first-order valence-corrected chi connectivity index (χ1v) is 5.07. The first-order chi connectivity index (χ1) is 8.08. The van der Waals surface area contributed by atoms with Crippen LogP contribution in [-0.4, -0.2) is 35.1 Å². The first-order valence-electron chi connectivity index (χ1n) is 5.07. The van der Waals surface area contributed by atoms with Crippen LogP contribution in [-0.2, 0) is 9.47 Å². The topological polar surface area (TPSA) is 104 Å². The number of hydrogen-bond donors (Lipinski definition) is 1. The summed E-state index contributed by atoms with van der Waals surface area (Å²) in [5.74, 6) is -1.64. The molecule has 7 nitrogen and oxygen atoms in total. The van der Waals surface area contributed by atoms with E-state index in [0.29, 0.717) is 0 Å². The lowest BCUT2D eigenvalue weighted by atomic mass is 10.4. The minimum absolute atomic E-state index is 0.00565. The summed E-state index contributed by atoms with van der Waals surface area (Å²) in [5.41, 5.74) is 5.39. The smallest absolute Gasteiger partial charge is 0.376 e. The molecular formula is C10H13N3O4. The van der Waals surface area contributed by atoms with Gasteiger partial charge in [0.05, 0.1) is 13.2 Å². The number of nitrogens with zero attached hydrogens (tertiary/aromatic N) is 2. The molecule has 0 atom stereocenters. The summed E-state index contributed by atoms with van der Waals surface area (Å²) in [7, 11) is 0. The highest BCUT2D eigenvalue weighted by molar-refractivity contribution is 5.91. The quantitative estimate of drug-likeness (QED) is 0.758. The maximum atomic E-state index is 11.4. The van der Waals surface area contributed by atoms with Crippen LogP contribution in [0, 0.1) is 0 Å². The van der Waals surface area contributed by atoms with Crippen molar-refractivity contribution in [3.63, 3.8) is 0 Å². The lowest BCUT2D eigenvalue weighted by Gasteiger charge is -2.04. The normalized spacial score (nSPS) is 9.76. The molecule has 1 aromatic rings. The van der Waals surface area contributed by atoms with Crippen LogP contribution in [0.2, 0.25) is 0 Å². The van der Waals surface area contributed by atoms with Gasteiger partial charge in [0.25, 0.3) is 0 Å². The second kappa shape index (κ2) is 5.78. The lowest BCUT2D eigenvalue weighted by molar-refractivity contribution is 0.0505. The molecule has 0 aliphatic rings. The molecule has 17 heavy (non-hydrogen) atoms. The zero-order chi connectivity index (χ0) is 12.8. The maximum absolute atomic E-state index is 11.4. The van der Waals surface area contributed by atoms with E-state index in [2.05, 4.69) is 9.97 Å². The maximum Gasteiger partial charge on any atom is 0.376 e. The average molecular weight is 239 g/mol. The van der Waals surface area contributed by atoms with Gasteiger partial charge in [0.1, 0.15) is 5.82 Å². The highest BCUT2D eigenvalue weighted by Gasteiger charge is 2.16. The van der Waals surface area contributed by atoms with Crippen LogP contribution in [0.25, 0.3) is 0 Å². The molecular weight excluding hydrogens is 226 g/mol. The van der Waals surface area contributed by atoms with E-state index in [-0.39, 0.29) is 30.5 Å². The van der Waals surface area contributed by atoms with Crippen molar-refractivity contribution in [3.8, 4) is 0 Å². The molecule has 0 spiro atoms. The fourth-order valence-corrected chi connectivity index (χ4v) is 1.06. The predicted molar refractivity (Wildman–Crippen MR) is 58.4 cm³/mol. The third kappa shape index (κ3) is 3.40. The fraction of sp³-hybridized carbons (Fsp3) is 0.400. The number of anilines is 1. The zero-order valence-electron chi connectivity index (χ0n) is 9.60.